The van der Waals surface area contributed by atoms with Crippen molar-refractivity contribution in [1.82, 2.24) is 10.2 Å². The van der Waals surface area contributed by atoms with Crippen LogP contribution in [0.5, 0.6) is 0 Å². The van der Waals surface area contributed by atoms with Crippen LogP contribution in [0, 0.1) is 12.7 Å². The molecule has 0 aliphatic heterocycles. The lowest BCUT2D eigenvalue weighted by Gasteiger charge is -2.34. The number of benzene rings is 4. The Hall–Kier alpha value is -4.21. The second-order valence-corrected chi connectivity index (χ2v) is 13.1. The van der Waals surface area contributed by atoms with Gasteiger partial charge in [0.1, 0.15) is 18.4 Å². The van der Waals surface area contributed by atoms with Crippen molar-refractivity contribution in [2.24, 2.45) is 0 Å². The Bertz CT molecular complexity index is 1680. The highest BCUT2D eigenvalue weighted by Crippen LogP contribution is 2.26. The molecule has 0 radical (unpaired) electrons. The van der Waals surface area contributed by atoms with Crippen LogP contribution in [0.3, 0.4) is 0 Å². The molecule has 0 saturated carbocycles. The maximum absolute atomic E-state index is 14.4. The van der Waals surface area contributed by atoms with Crippen molar-refractivity contribution in [1.29, 1.82) is 0 Å². The van der Waals surface area contributed by atoms with Gasteiger partial charge in [-0.05, 0) is 73.0 Å². The van der Waals surface area contributed by atoms with Crippen LogP contribution in [0.15, 0.2) is 108 Å². The Morgan fingerprint density at radius 2 is 1.56 bits per heavy atom. The highest BCUT2D eigenvalue weighted by molar-refractivity contribution is 7.92. The molecule has 0 saturated heterocycles. The molecule has 0 bridgehead atoms. The lowest BCUT2D eigenvalue weighted by atomic mass is 10.0. The first-order valence-corrected chi connectivity index (χ1v) is 16.6. The van der Waals surface area contributed by atoms with Crippen LogP contribution in [0.1, 0.15) is 36.5 Å². The predicted octanol–water partition coefficient (Wildman–Crippen LogP) is 6.54. The number of anilines is 1. The van der Waals surface area contributed by atoms with Gasteiger partial charge in [0, 0.05) is 24.5 Å². The van der Waals surface area contributed by atoms with Gasteiger partial charge in [-0.2, -0.15) is 0 Å². The van der Waals surface area contributed by atoms with Crippen molar-refractivity contribution >= 4 is 39.1 Å². The third-order valence-electron chi connectivity index (χ3n) is 7.35. The second-order valence-electron chi connectivity index (χ2n) is 10.8. The van der Waals surface area contributed by atoms with Gasteiger partial charge in [-0.15, -0.1) is 0 Å². The van der Waals surface area contributed by atoms with E-state index in [2.05, 4.69) is 5.32 Å². The highest BCUT2D eigenvalue weighted by atomic mass is 35.5. The molecule has 1 unspecified atom stereocenters. The van der Waals surface area contributed by atoms with Gasteiger partial charge in [-0.1, -0.05) is 85.1 Å². The minimum absolute atomic E-state index is 0.0103. The van der Waals surface area contributed by atoms with E-state index in [0.717, 1.165) is 40.4 Å². The first kappa shape index (κ1) is 33.7. The Morgan fingerprint density at radius 3 is 2.20 bits per heavy atom. The summed E-state index contributed by atoms with van der Waals surface area (Å²) in [4.78, 5) is 29.4. The van der Waals surface area contributed by atoms with Gasteiger partial charge in [0.15, 0.2) is 0 Å². The van der Waals surface area contributed by atoms with Gasteiger partial charge in [0.25, 0.3) is 10.0 Å². The summed E-state index contributed by atoms with van der Waals surface area (Å²) < 4.78 is 42.7. The fraction of sp³-hybridized carbons (Fsp3) is 0.257. The molecule has 1 N–H and O–H groups in total. The summed E-state index contributed by atoms with van der Waals surface area (Å²) in [5, 5.41) is 3.43. The minimum Gasteiger partial charge on any atom is -0.354 e. The van der Waals surface area contributed by atoms with Crippen LogP contribution in [0.25, 0.3) is 0 Å². The Balaban J connectivity index is 1.78. The summed E-state index contributed by atoms with van der Waals surface area (Å²) in [6.45, 7) is 3.73. The molecule has 0 fully saturated rings. The van der Waals surface area contributed by atoms with E-state index in [1.165, 1.54) is 17.0 Å². The number of nitrogens with one attached hydrogen (secondary N) is 1. The molecule has 0 spiro atoms. The summed E-state index contributed by atoms with van der Waals surface area (Å²) in [7, 11) is -4.32. The number of nitrogens with zero attached hydrogens (tertiary/aromatic N) is 2. The fourth-order valence-corrected chi connectivity index (χ4v) is 6.49. The number of sulfonamides is 1. The molecule has 1 atom stereocenters. The number of unbranched alkanes of at least 4 members (excludes halogenated alkanes) is 1. The number of carbonyl (C=O) groups excluding carboxylic acids is 2. The maximum atomic E-state index is 14.4. The van der Waals surface area contributed by atoms with E-state index in [4.69, 9.17) is 11.6 Å². The summed E-state index contributed by atoms with van der Waals surface area (Å²) in [5.74, 6) is -1.52. The number of rotatable bonds is 14. The van der Waals surface area contributed by atoms with E-state index >= 15 is 0 Å². The molecule has 7 nitrogen and oxygen atoms in total. The van der Waals surface area contributed by atoms with E-state index in [0.29, 0.717) is 17.1 Å². The molecule has 4 aromatic rings. The maximum Gasteiger partial charge on any atom is 0.264 e. The van der Waals surface area contributed by atoms with E-state index in [-0.39, 0.29) is 29.5 Å². The molecule has 0 heterocycles. The summed E-state index contributed by atoms with van der Waals surface area (Å²) in [5.41, 5.74) is 2.68. The number of halogens is 2. The molecule has 0 aromatic heterocycles. The van der Waals surface area contributed by atoms with E-state index in [1.807, 2.05) is 44.2 Å². The minimum atomic E-state index is -4.32. The Kier molecular flexibility index (Phi) is 11.7. The average Bonchev–Trinajstić information content (AvgIpc) is 3.02. The highest BCUT2D eigenvalue weighted by Gasteiger charge is 2.34. The van der Waals surface area contributed by atoms with Crippen LogP contribution >= 0.6 is 11.6 Å². The molecule has 0 aliphatic rings. The molecule has 45 heavy (non-hydrogen) atoms. The predicted molar refractivity (Wildman–Crippen MR) is 176 cm³/mol. The van der Waals surface area contributed by atoms with Crippen molar-refractivity contribution in [3.63, 3.8) is 0 Å². The Morgan fingerprint density at radius 1 is 0.889 bits per heavy atom. The lowest BCUT2D eigenvalue weighted by molar-refractivity contribution is -0.140. The first-order valence-electron chi connectivity index (χ1n) is 14.8. The summed E-state index contributed by atoms with van der Waals surface area (Å²) >= 11 is 6.28. The smallest absolute Gasteiger partial charge is 0.264 e. The van der Waals surface area contributed by atoms with Crippen molar-refractivity contribution in [2.45, 2.75) is 50.6 Å². The van der Waals surface area contributed by atoms with E-state index < -0.39 is 34.3 Å². The van der Waals surface area contributed by atoms with Crippen molar-refractivity contribution in [2.75, 3.05) is 17.4 Å². The molecule has 0 aliphatic carbocycles. The monoisotopic (exact) mass is 649 g/mol. The third-order valence-corrected chi connectivity index (χ3v) is 9.37. The van der Waals surface area contributed by atoms with Gasteiger partial charge in [-0.25, -0.2) is 12.8 Å². The third kappa shape index (κ3) is 9.15. The number of aryl methyl sites for hydroxylation is 1. The molecule has 2 amide bonds. The topological polar surface area (TPSA) is 86.8 Å². The number of carbonyl (C=O) groups is 2. The van der Waals surface area contributed by atoms with Gasteiger partial charge in [0.05, 0.1) is 10.6 Å². The van der Waals surface area contributed by atoms with Gasteiger partial charge in [-0.3, -0.25) is 13.9 Å². The summed E-state index contributed by atoms with van der Waals surface area (Å²) in [6, 6.07) is 26.5. The molecule has 4 aromatic carbocycles. The average molecular weight is 650 g/mol. The first-order chi connectivity index (χ1) is 21.6. The van der Waals surface area contributed by atoms with E-state index in [1.54, 1.807) is 48.5 Å². The number of amides is 2. The van der Waals surface area contributed by atoms with Crippen LogP contribution in [-0.2, 0) is 32.6 Å². The largest absolute Gasteiger partial charge is 0.354 e. The van der Waals surface area contributed by atoms with Crippen LogP contribution in [-0.4, -0.2) is 44.3 Å². The number of hydrogen-bond acceptors (Lipinski definition) is 4. The van der Waals surface area contributed by atoms with Gasteiger partial charge >= 0.3 is 0 Å². The van der Waals surface area contributed by atoms with Crippen molar-refractivity contribution in [3.05, 3.63) is 131 Å². The second kappa shape index (κ2) is 15.7. The van der Waals surface area contributed by atoms with Crippen molar-refractivity contribution in [3.8, 4) is 0 Å². The summed E-state index contributed by atoms with van der Waals surface area (Å²) in [6.07, 6.45) is 1.85. The van der Waals surface area contributed by atoms with Crippen LogP contribution in [0.4, 0.5) is 10.1 Å². The van der Waals surface area contributed by atoms with Crippen molar-refractivity contribution < 1.29 is 22.4 Å². The molecular formula is C35H37ClFN3O4S. The van der Waals surface area contributed by atoms with Gasteiger partial charge < -0.3 is 10.2 Å². The zero-order chi connectivity index (χ0) is 32.4. The normalized spacial score (nSPS) is 11.9. The molecule has 236 valence electrons. The van der Waals surface area contributed by atoms with Crippen LogP contribution in [0.2, 0.25) is 5.02 Å². The Labute approximate surface area is 269 Å². The molecule has 10 heteroatoms. The quantitative estimate of drug-likeness (QED) is 0.157. The standard InChI is InChI=1S/C35H37ClFN3O4S/c1-3-4-21-38-35(42)33(23-27-9-6-5-7-10-27)39(24-28-11-8-12-29(36)22-28)34(41)25-40(31-17-13-26(2)14-18-31)45(43,44)32-19-15-30(37)16-20-32/h5-20,22,33H,3-4,21,23-25H2,1-2H3,(H,38,42). The van der Waals surface area contributed by atoms with Crippen LogP contribution < -0.4 is 9.62 Å². The zero-order valence-electron chi connectivity index (χ0n) is 25.3. The number of hydrogen-bond donors (Lipinski definition) is 1. The lowest BCUT2D eigenvalue weighted by Crippen LogP contribution is -2.53. The molecule has 4 rings (SSSR count). The zero-order valence-corrected chi connectivity index (χ0v) is 26.9. The van der Waals surface area contributed by atoms with E-state index in [9.17, 15) is 22.4 Å². The fourth-order valence-electron chi connectivity index (χ4n) is 4.87. The molecular weight excluding hydrogens is 613 g/mol. The SMILES string of the molecule is CCCCNC(=O)C(Cc1ccccc1)N(Cc1cccc(Cl)c1)C(=O)CN(c1ccc(C)cc1)S(=O)(=O)c1ccc(F)cc1. The van der Waals surface area contributed by atoms with Gasteiger partial charge in [0.2, 0.25) is 11.8 Å².